The van der Waals surface area contributed by atoms with Crippen molar-refractivity contribution in [1.82, 2.24) is 10.6 Å². The fraction of sp³-hybridized carbons (Fsp3) is 0.125. The van der Waals surface area contributed by atoms with Crippen LogP contribution in [0.25, 0.3) is 0 Å². The van der Waals surface area contributed by atoms with Crippen LogP contribution in [-0.4, -0.2) is 35.5 Å². The molecule has 0 spiro atoms. The van der Waals surface area contributed by atoms with Gasteiger partial charge in [-0.2, -0.15) is 0 Å². The van der Waals surface area contributed by atoms with Gasteiger partial charge in [-0.05, 0) is 23.2 Å². The highest BCUT2D eigenvalue weighted by atomic mass is 16.4. The summed E-state index contributed by atoms with van der Waals surface area (Å²) in [6.07, 6.45) is 0. The second-order valence-corrected chi connectivity index (χ2v) is 4.94. The van der Waals surface area contributed by atoms with Crippen LogP contribution in [0, 0.1) is 0 Å². The number of carbonyl (C=O) groups excluding carboxylic acids is 2. The van der Waals surface area contributed by atoms with Crippen molar-refractivity contribution in [3.63, 3.8) is 0 Å². The first-order valence-electron chi connectivity index (χ1n) is 7.11. The molecule has 2 rings (SSSR count). The summed E-state index contributed by atoms with van der Waals surface area (Å²) < 4.78 is 0. The van der Waals surface area contributed by atoms with Crippen molar-refractivity contribution in [2.45, 2.75) is 6.54 Å². The van der Waals surface area contributed by atoms with Crippen LogP contribution in [-0.2, 0) is 11.3 Å². The van der Waals surface area contributed by atoms with Gasteiger partial charge < -0.3 is 20.7 Å². The van der Waals surface area contributed by atoms with Crippen molar-refractivity contribution in [3.8, 4) is 0 Å². The van der Waals surface area contributed by atoms with E-state index < -0.39 is 13.0 Å². The lowest BCUT2D eigenvalue weighted by Gasteiger charge is -2.08. The number of rotatable bonds is 6. The Morgan fingerprint density at radius 1 is 0.957 bits per heavy atom. The van der Waals surface area contributed by atoms with Crippen LogP contribution in [0.1, 0.15) is 15.9 Å². The predicted molar refractivity (Wildman–Crippen MR) is 86.9 cm³/mol. The van der Waals surface area contributed by atoms with Crippen LogP contribution >= 0.6 is 0 Å². The van der Waals surface area contributed by atoms with Gasteiger partial charge in [-0.15, -0.1) is 0 Å². The Balaban J connectivity index is 1.82. The summed E-state index contributed by atoms with van der Waals surface area (Å²) in [6.45, 7) is 0.235. The largest absolute Gasteiger partial charge is 0.488 e. The lowest BCUT2D eigenvalue weighted by atomic mass is 9.79. The number of benzene rings is 2. The molecule has 0 atom stereocenters. The van der Waals surface area contributed by atoms with Crippen LogP contribution in [0.5, 0.6) is 0 Å². The molecule has 118 valence electrons. The molecule has 0 bridgehead atoms. The van der Waals surface area contributed by atoms with Gasteiger partial charge in [-0.3, -0.25) is 9.59 Å². The first-order chi connectivity index (χ1) is 11.1. The van der Waals surface area contributed by atoms with E-state index in [-0.39, 0.29) is 23.5 Å². The third-order valence-corrected chi connectivity index (χ3v) is 3.19. The van der Waals surface area contributed by atoms with Crippen molar-refractivity contribution in [2.24, 2.45) is 0 Å². The topological polar surface area (TPSA) is 98.7 Å². The molecule has 0 saturated carbocycles. The van der Waals surface area contributed by atoms with Gasteiger partial charge >= 0.3 is 7.12 Å². The van der Waals surface area contributed by atoms with E-state index >= 15 is 0 Å². The quantitative estimate of drug-likeness (QED) is 0.536. The van der Waals surface area contributed by atoms with E-state index in [1.54, 1.807) is 6.07 Å². The number of amides is 2. The van der Waals surface area contributed by atoms with E-state index in [1.807, 2.05) is 30.3 Å². The Hall–Kier alpha value is -2.64. The summed E-state index contributed by atoms with van der Waals surface area (Å²) in [4.78, 5) is 23.7. The SMILES string of the molecule is O=C(CNC(=O)c1cccc(B(O)O)c1)NCc1ccccc1. The average Bonchev–Trinajstić information content (AvgIpc) is 2.58. The number of carbonyl (C=O) groups is 2. The minimum atomic E-state index is -1.64. The molecule has 2 aromatic rings. The minimum Gasteiger partial charge on any atom is -0.423 e. The third kappa shape index (κ3) is 5.25. The highest BCUT2D eigenvalue weighted by molar-refractivity contribution is 6.58. The molecule has 0 aliphatic rings. The molecule has 23 heavy (non-hydrogen) atoms. The van der Waals surface area contributed by atoms with Gasteiger partial charge in [0.1, 0.15) is 0 Å². The maximum absolute atomic E-state index is 11.9. The summed E-state index contributed by atoms with van der Waals surface area (Å²) in [5, 5.41) is 23.4. The average molecular weight is 312 g/mol. The van der Waals surface area contributed by atoms with E-state index in [4.69, 9.17) is 10.0 Å². The summed E-state index contributed by atoms with van der Waals surface area (Å²) in [5.74, 6) is -0.761. The molecule has 0 saturated heterocycles. The van der Waals surface area contributed by atoms with Crippen LogP contribution in [0.15, 0.2) is 54.6 Å². The van der Waals surface area contributed by atoms with Crippen molar-refractivity contribution in [2.75, 3.05) is 6.54 Å². The first kappa shape index (κ1) is 16.7. The normalized spacial score (nSPS) is 10.0. The maximum Gasteiger partial charge on any atom is 0.488 e. The highest BCUT2D eigenvalue weighted by Crippen LogP contribution is 1.98. The van der Waals surface area contributed by atoms with Crippen LogP contribution in [0.3, 0.4) is 0 Å². The first-order valence-corrected chi connectivity index (χ1v) is 7.11. The van der Waals surface area contributed by atoms with E-state index in [0.717, 1.165) is 5.56 Å². The number of hydrogen-bond donors (Lipinski definition) is 4. The Morgan fingerprint density at radius 2 is 1.70 bits per heavy atom. The van der Waals surface area contributed by atoms with Gasteiger partial charge in [-0.1, -0.05) is 42.5 Å². The molecule has 0 heterocycles. The molecule has 4 N–H and O–H groups in total. The van der Waals surface area contributed by atoms with Crippen molar-refractivity contribution in [1.29, 1.82) is 0 Å². The third-order valence-electron chi connectivity index (χ3n) is 3.19. The molecular formula is C16H17BN2O4. The molecule has 0 aromatic heterocycles. The number of hydrogen-bond acceptors (Lipinski definition) is 4. The number of nitrogens with one attached hydrogen (secondary N) is 2. The fourth-order valence-corrected chi connectivity index (χ4v) is 1.96. The van der Waals surface area contributed by atoms with Crippen LogP contribution in [0.4, 0.5) is 0 Å². The highest BCUT2D eigenvalue weighted by Gasteiger charge is 2.14. The van der Waals surface area contributed by atoms with Gasteiger partial charge in [-0.25, -0.2) is 0 Å². The zero-order valence-electron chi connectivity index (χ0n) is 12.4. The molecule has 0 aliphatic carbocycles. The Morgan fingerprint density at radius 3 is 2.39 bits per heavy atom. The molecule has 2 aromatic carbocycles. The zero-order valence-corrected chi connectivity index (χ0v) is 12.4. The van der Waals surface area contributed by atoms with Crippen LogP contribution < -0.4 is 16.1 Å². The van der Waals surface area contributed by atoms with Gasteiger partial charge in [0.25, 0.3) is 5.91 Å². The lowest BCUT2D eigenvalue weighted by molar-refractivity contribution is -0.120. The summed E-state index contributed by atoms with van der Waals surface area (Å²) in [7, 11) is -1.64. The second-order valence-electron chi connectivity index (χ2n) is 4.94. The second kappa shape index (κ2) is 8.12. The molecule has 0 unspecified atom stereocenters. The molecule has 7 heteroatoms. The van der Waals surface area contributed by atoms with Gasteiger partial charge in [0, 0.05) is 12.1 Å². The molecule has 0 aliphatic heterocycles. The summed E-state index contributed by atoms with van der Waals surface area (Å²) >= 11 is 0. The van der Waals surface area contributed by atoms with E-state index in [2.05, 4.69) is 10.6 Å². The van der Waals surface area contributed by atoms with E-state index in [0.29, 0.717) is 6.54 Å². The van der Waals surface area contributed by atoms with Gasteiger partial charge in [0.2, 0.25) is 5.91 Å². The van der Waals surface area contributed by atoms with Gasteiger partial charge in [0.15, 0.2) is 0 Å². The minimum absolute atomic E-state index is 0.155. The van der Waals surface area contributed by atoms with E-state index in [9.17, 15) is 9.59 Å². The molecule has 0 radical (unpaired) electrons. The molecule has 6 nitrogen and oxygen atoms in total. The van der Waals surface area contributed by atoms with Crippen molar-refractivity contribution < 1.29 is 19.6 Å². The summed E-state index contributed by atoms with van der Waals surface area (Å²) in [5.41, 5.74) is 1.44. The standard InChI is InChI=1S/C16H17BN2O4/c20-15(18-10-12-5-2-1-3-6-12)11-19-16(21)13-7-4-8-14(9-13)17(22)23/h1-9,22-23H,10-11H2,(H,18,20)(H,19,21). The molecular weight excluding hydrogens is 295 g/mol. The Kier molecular flexibility index (Phi) is 5.90. The Bertz CT molecular complexity index is 677. The maximum atomic E-state index is 11.9. The Labute approximate surface area is 134 Å². The van der Waals surface area contributed by atoms with Crippen molar-refractivity contribution in [3.05, 3.63) is 65.7 Å². The predicted octanol–water partition coefficient (Wildman–Crippen LogP) is -0.587. The lowest BCUT2D eigenvalue weighted by Crippen LogP contribution is -2.37. The molecule has 0 fully saturated rings. The smallest absolute Gasteiger partial charge is 0.423 e. The molecule has 2 amide bonds. The van der Waals surface area contributed by atoms with Gasteiger partial charge in [0.05, 0.1) is 6.54 Å². The van der Waals surface area contributed by atoms with Crippen LogP contribution in [0.2, 0.25) is 0 Å². The monoisotopic (exact) mass is 312 g/mol. The fourth-order valence-electron chi connectivity index (χ4n) is 1.96. The van der Waals surface area contributed by atoms with E-state index in [1.165, 1.54) is 18.2 Å². The zero-order chi connectivity index (χ0) is 16.7. The van der Waals surface area contributed by atoms with Crippen molar-refractivity contribution >= 4 is 24.4 Å². The summed E-state index contributed by atoms with van der Waals surface area (Å²) in [6, 6.07) is 15.4.